The zero-order valence-corrected chi connectivity index (χ0v) is 9.32. The van der Waals surface area contributed by atoms with E-state index in [1.807, 2.05) is 6.07 Å². The number of nitrogens with one attached hydrogen (secondary N) is 1. The van der Waals surface area contributed by atoms with E-state index in [1.165, 1.54) is 19.6 Å². The maximum atomic E-state index is 11.8. The van der Waals surface area contributed by atoms with Crippen molar-refractivity contribution in [2.24, 2.45) is 5.92 Å². The molecule has 1 aromatic rings. The lowest BCUT2D eigenvalue weighted by Gasteiger charge is -2.16. The Hall–Kier alpha value is -1.39. The molecule has 1 N–H and O–H groups in total. The first-order valence-electron chi connectivity index (χ1n) is 4.33. The number of imidazole rings is 1. The number of H-pyrrole nitrogens is 1. The second-order valence-electron chi connectivity index (χ2n) is 3.23. The minimum atomic E-state index is -3.54. The number of hydrogen-bond donors (Lipinski definition) is 1. The molecular weight excluding hydrogens is 216 g/mol. The highest BCUT2D eigenvalue weighted by atomic mass is 32.2. The van der Waals surface area contributed by atoms with E-state index in [-0.39, 0.29) is 17.5 Å². The first-order chi connectivity index (χ1) is 6.98. The molecule has 0 saturated heterocycles. The maximum Gasteiger partial charge on any atom is 0.259 e. The van der Waals surface area contributed by atoms with Crippen LogP contribution in [-0.2, 0) is 10.0 Å². The molecule has 0 saturated carbocycles. The van der Waals surface area contributed by atoms with E-state index in [2.05, 4.69) is 9.97 Å². The van der Waals surface area contributed by atoms with Crippen LogP contribution >= 0.6 is 0 Å². The van der Waals surface area contributed by atoms with Crippen molar-refractivity contribution in [2.45, 2.75) is 11.9 Å². The zero-order chi connectivity index (χ0) is 11.5. The van der Waals surface area contributed by atoms with Crippen LogP contribution in [0.3, 0.4) is 0 Å². The van der Waals surface area contributed by atoms with Crippen molar-refractivity contribution >= 4 is 10.0 Å². The fourth-order valence-electron chi connectivity index (χ4n) is 1.08. The van der Waals surface area contributed by atoms with Crippen LogP contribution in [0.4, 0.5) is 0 Å². The van der Waals surface area contributed by atoms with Crippen LogP contribution in [0.5, 0.6) is 0 Å². The lowest BCUT2D eigenvalue weighted by Crippen LogP contribution is -2.31. The third-order valence-corrected chi connectivity index (χ3v) is 3.66. The van der Waals surface area contributed by atoms with Crippen molar-refractivity contribution in [1.82, 2.24) is 14.3 Å². The highest BCUT2D eigenvalue weighted by Crippen LogP contribution is 2.11. The quantitative estimate of drug-likeness (QED) is 0.796. The van der Waals surface area contributed by atoms with Gasteiger partial charge in [0.1, 0.15) is 0 Å². The van der Waals surface area contributed by atoms with Gasteiger partial charge in [0.05, 0.1) is 24.5 Å². The van der Waals surface area contributed by atoms with E-state index >= 15 is 0 Å². The van der Waals surface area contributed by atoms with Crippen LogP contribution in [0, 0.1) is 17.2 Å². The maximum absolute atomic E-state index is 11.8. The first kappa shape index (κ1) is 11.7. The van der Waals surface area contributed by atoms with Crippen LogP contribution < -0.4 is 0 Å². The SMILES string of the molecule is CC(C#N)CN(C)S(=O)(=O)c1cnc[nH]1. The molecule has 0 spiro atoms. The fourth-order valence-corrected chi connectivity index (χ4v) is 2.23. The highest BCUT2D eigenvalue weighted by Gasteiger charge is 2.23. The summed E-state index contributed by atoms with van der Waals surface area (Å²) >= 11 is 0. The Kier molecular flexibility index (Phi) is 3.44. The summed E-state index contributed by atoms with van der Waals surface area (Å²) in [5, 5.41) is 8.63. The second kappa shape index (κ2) is 4.42. The van der Waals surface area contributed by atoms with Gasteiger partial charge in [0.25, 0.3) is 10.0 Å². The smallest absolute Gasteiger partial charge is 0.259 e. The average molecular weight is 228 g/mol. The normalized spacial score (nSPS) is 13.7. The van der Waals surface area contributed by atoms with Gasteiger partial charge in [0.2, 0.25) is 0 Å². The number of nitriles is 1. The molecule has 6 nitrogen and oxygen atoms in total. The van der Waals surface area contributed by atoms with Crippen LogP contribution in [0.2, 0.25) is 0 Å². The standard InChI is InChI=1S/C8H12N4O2S/c1-7(3-9)5-12(2)15(13,14)8-4-10-6-11-8/h4,6-7H,5H2,1-2H3,(H,10,11). The van der Waals surface area contributed by atoms with Crippen molar-refractivity contribution in [1.29, 1.82) is 5.26 Å². The molecule has 0 bridgehead atoms. The molecule has 0 aliphatic rings. The Morgan fingerprint density at radius 3 is 2.87 bits per heavy atom. The van der Waals surface area contributed by atoms with Gasteiger partial charge in [-0.05, 0) is 6.92 Å². The van der Waals surface area contributed by atoms with Crippen LogP contribution in [0.25, 0.3) is 0 Å². The Labute approximate surface area is 88.6 Å². The Morgan fingerprint density at radius 2 is 2.40 bits per heavy atom. The van der Waals surface area contributed by atoms with Gasteiger partial charge in [-0.25, -0.2) is 13.4 Å². The van der Waals surface area contributed by atoms with Crippen molar-refractivity contribution in [3.8, 4) is 6.07 Å². The van der Waals surface area contributed by atoms with Gasteiger partial charge in [-0.2, -0.15) is 9.57 Å². The number of nitrogens with zero attached hydrogens (tertiary/aromatic N) is 3. The predicted molar refractivity (Wildman–Crippen MR) is 53.2 cm³/mol. The molecule has 1 unspecified atom stereocenters. The first-order valence-corrected chi connectivity index (χ1v) is 5.77. The molecule has 1 atom stereocenters. The molecule has 0 aromatic carbocycles. The molecule has 1 rings (SSSR count). The van der Waals surface area contributed by atoms with Gasteiger partial charge in [-0.15, -0.1) is 0 Å². The number of hydrogen-bond acceptors (Lipinski definition) is 4. The summed E-state index contributed by atoms with van der Waals surface area (Å²) in [6.45, 7) is 1.83. The minimum absolute atomic E-state index is 0.0372. The lowest BCUT2D eigenvalue weighted by atomic mass is 10.2. The molecular formula is C8H12N4O2S. The van der Waals surface area contributed by atoms with E-state index in [9.17, 15) is 8.42 Å². The Bertz CT molecular complexity index is 445. The summed E-state index contributed by atoms with van der Waals surface area (Å²) in [6.07, 6.45) is 2.54. The number of aromatic nitrogens is 2. The van der Waals surface area contributed by atoms with E-state index < -0.39 is 10.0 Å². The molecule has 0 radical (unpaired) electrons. The summed E-state index contributed by atoms with van der Waals surface area (Å²) in [6, 6.07) is 1.98. The summed E-state index contributed by atoms with van der Waals surface area (Å²) < 4.78 is 24.7. The summed E-state index contributed by atoms with van der Waals surface area (Å²) in [5.74, 6) is -0.340. The van der Waals surface area contributed by atoms with E-state index in [4.69, 9.17) is 5.26 Å². The molecule has 82 valence electrons. The summed E-state index contributed by atoms with van der Waals surface area (Å²) in [7, 11) is -2.10. The zero-order valence-electron chi connectivity index (χ0n) is 8.51. The van der Waals surface area contributed by atoms with Gasteiger partial charge < -0.3 is 4.98 Å². The highest BCUT2D eigenvalue weighted by molar-refractivity contribution is 7.89. The van der Waals surface area contributed by atoms with Crippen molar-refractivity contribution in [2.75, 3.05) is 13.6 Å². The van der Waals surface area contributed by atoms with Crippen LogP contribution in [-0.4, -0.2) is 36.3 Å². The molecule has 7 heteroatoms. The topological polar surface area (TPSA) is 89.8 Å². The third kappa shape index (κ3) is 2.55. The van der Waals surface area contributed by atoms with Gasteiger partial charge in [0, 0.05) is 13.6 Å². The number of sulfonamides is 1. The summed E-state index contributed by atoms with van der Waals surface area (Å²) in [4.78, 5) is 6.17. The second-order valence-corrected chi connectivity index (χ2v) is 5.24. The van der Waals surface area contributed by atoms with Crippen LogP contribution in [0.15, 0.2) is 17.6 Å². The molecule has 0 aliphatic carbocycles. The van der Waals surface area contributed by atoms with Gasteiger partial charge in [-0.1, -0.05) is 0 Å². The van der Waals surface area contributed by atoms with E-state index in [0.29, 0.717) is 0 Å². The molecule has 1 aromatic heterocycles. The van der Waals surface area contributed by atoms with Crippen LogP contribution in [0.1, 0.15) is 6.92 Å². The average Bonchev–Trinajstić information content (AvgIpc) is 2.70. The number of aromatic amines is 1. The van der Waals surface area contributed by atoms with Crippen molar-refractivity contribution in [3.63, 3.8) is 0 Å². The molecule has 0 amide bonds. The Morgan fingerprint density at radius 1 is 1.73 bits per heavy atom. The minimum Gasteiger partial charge on any atom is -0.335 e. The summed E-state index contributed by atoms with van der Waals surface area (Å²) in [5.41, 5.74) is 0. The fraction of sp³-hybridized carbons (Fsp3) is 0.500. The van der Waals surface area contributed by atoms with Gasteiger partial charge >= 0.3 is 0 Å². The van der Waals surface area contributed by atoms with E-state index in [0.717, 1.165) is 4.31 Å². The molecule has 1 heterocycles. The predicted octanol–water partition coefficient (Wildman–Crippen LogP) is 0.190. The molecule has 15 heavy (non-hydrogen) atoms. The van der Waals surface area contributed by atoms with E-state index in [1.54, 1.807) is 6.92 Å². The van der Waals surface area contributed by atoms with Crippen molar-refractivity contribution < 1.29 is 8.42 Å². The number of rotatable bonds is 4. The monoisotopic (exact) mass is 228 g/mol. The van der Waals surface area contributed by atoms with Crippen molar-refractivity contribution in [3.05, 3.63) is 12.5 Å². The Balaban J connectivity index is 2.85. The third-order valence-electron chi connectivity index (χ3n) is 1.91. The molecule has 0 aliphatic heterocycles. The lowest BCUT2D eigenvalue weighted by molar-refractivity contribution is 0.437. The van der Waals surface area contributed by atoms with Gasteiger partial charge in [-0.3, -0.25) is 0 Å². The largest absolute Gasteiger partial charge is 0.335 e. The van der Waals surface area contributed by atoms with Gasteiger partial charge in [0.15, 0.2) is 5.03 Å². The molecule has 0 fully saturated rings.